The van der Waals surface area contributed by atoms with E-state index in [9.17, 15) is 4.79 Å². The summed E-state index contributed by atoms with van der Waals surface area (Å²) in [5, 5.41) is -0.734. The number of allylic oxidation sites excluding steroid dienone is 1. The van der Waals surface area contributed by atoms with Gasteiger partial charge < -0.3 is 9.64 Å². The summed E-state index contributed by atoms with van der Waals surface area (Å²) in [5.74, 6) is 0.636. The van der Waals surface area contributed by atoms with Crippen molar-refractivity contribution in [2.45, 2.75) is 31.7 Å². The van der Waals surface area contributed by atoms with Gasteiger partial charge in [-0.2, -0.15) is 0 Å². The summed E-state index contributed by atoms with van der Waals surface area (Å²) >= 11 is 6.54. The zero-order valence-corrected chi connectivity index (χ0v) is 15.7. The third kappa shape index (κ3) is 3.16. The fourth-order valence-corrected chi connectivity index (χ4v) is 3.66. The van der Waals surface area contributed by atoms with E-state index in [4.69, 9.17) is 16.3 Å². The quantitative estimate of drug-likeness (QED) is 0.708. The first-order chi connectivity index (χ1) is 11.8. The second-order valence-electron chi connectivity index (χ2n) is 6.81. The van der Waals surface area contributed by atoms with Crippen LogP contribution in [0.4, 0.5) is 5.69 Å². The maximum Gasteiger partial charge on any atom is 0.250 e. The van der Waals surface area contributed by atoms with E-state index >= 15 is 0 Å². The van der Waals surface area contributed by atoms with Crippen LogP contribution >= 0.6 is 11.6 Å². The van der Waals surface area contributed by atoms with Crippen LogP contribution in [-0.2, 0) is 4.79 Å². The normalized spacial score (nSPS) is 16.7. The summed E-state index contributed by atoms with van der Waals surface area (Å²) in [6.45, 7) is 6.10. The molecule has 1 aliphatic rings. The Bertz CT molecular complexity index is 827. The molecule has 1 atom stereocenters. The maximum absolute atomic E-state index is 13.3. The fraction of sp³-hybridized carbons (Fsp3) is 0.286. The molecule has 0 aliphatic carbocycles. The van der Waals surface area contributed by atoms with Crippen LogP contribution in [0.2, 0.25) is 0 Å². The lowest BCUT2D eigenvalue weighted by Crippen LogP contribution is -2.50. The van der Waals surface area contributed by atoms with Crippen molar-refractivity contribution in [2.75, 3.05) is 12.0 Å². The minimum Gasteiger partial charge on any atom is -0.497 e. The molecule has 0 fully saturated rings. The van der Waals surface area contributed by atoms with Gasteiger partial charge >= 0.3 is 0 Å². The molecular formula is C21H22ClNO2. The Labute approximate surface area is 153 Å². The highest BCUT2D eigenvalue weighted by molar-refractivity contribution is 6.33. The smallest absolute Gasteiger partial charge is 0.250 e. The van der Waals surface area contributed by atoms with Gasteiger partial charge in [-0.05, 0) is 50.1 Å². The van der Waals surface area contributed by atoms with Gasteiger partial charge in [0.05, 0.1) is 18.3 Å². The largest absolute Gasteiger partial charge is 0.497 e. The lowest BCUT2D eigenvalue weighted by molar-refractivity contribution is -0.119. The molecule has 1 amide bonds. The van der Waals surface area contributed by atoms with Gasteiger partial charge in [0.2, 0.25) is 5.91 Å². The predicted octanol–water partition coefficient (Wildman–Crippen LogP) is 5.20. The van der Waals surface area contributed by atoms with E-state index in [2.05, 4.69) is 13.0 Å². The number of carbonyl (C=O) groups is 1. The highest BCUT2D eigenvalue weighted by atomic mass is 35.5. The number of halogens is 1. The molecule has 1 aliphatic heterocycles. The number of rotatable bonds is 3. The molecule has 0 saturated carbocycles. The molecule has 1 heterocycles. The van der Waals surface area contributed by atoms with Crippen LogP contribution in [0.5, 0.6) is 5.75 Å². The maximum atomic E-state index is 13.3. The van der Waals surface area contributed by atoms with Crippen molar-refractivity contribution in [3.8, 4) is 5.75 Å². The average Bonchev–Trinajstić information content (AvgIpc) is 2.60. The summed E-state index contributed by atoms with van der Waals surface area (Å²) in [4.78, 5) is 15.1. The number of ether oxygens (including phenoxy) is 1. The van der Waals surface area contributed by atoms with Crippen LogP contribution in [-0.4, -0.2) is 18.6 Å². The van der Waals surface area contributed by atoms with Crippen LogP contribution in [0, 0.1) is 0 Å². The topological polar surface area (TPSA) is 29.5 Å². The first-order valence-electron chi connectivity index (χ1n) is 8.26. The minimum absolute atomic E-state index is 0.131. The van der Waals surface area contributed by atoms with Crippen molar-refractivity contribution < 1.29 is 9.53 Å². The summed E-state index contributed by atoms with van der Waals surface area (Å²) in [6.07, 6.45) is 2.10. The van der Waals surface area contributed by atoms with Crippen molar-refractivity contribution in [3.63, 3.8) is 0 Å². The number of fused-ring (bicyclic) bond motifs is 1. The molecule has 2 aromatic carbocycles. The molecule has 130 valence electrons. The molecule has 3 rings (SSSR count). The minimum atomic E-state index is -0.734. The summed E-state index contributed by atoms with van der Waals surface area (Å²) < 4.78 is 5.34. The highest BCUT2D eigenvalue weighted by Gasteiger charge is 2.38. The van der Waals surface area contributed by atoms with Gasteiger partial charge in [0.15, 0.2) is 0 Å². The van der Waals surface area contributed by atoms with Crippen molar-refractivity contribution in [2.24, 2.45) is 0 Å². The van der Waals surface area contributed by atoms with Crippen molar-refractivity contribution in [3.05, 3.63) is 65.7 Å². The number of alkyl halides is 1. The molecule has 0 aromatic heterocycles. The number of hydrogen-bond acceptors (Lipinski definition) is 2. The Morgan fingerprint density at radius 3 is 2.48 bits per heavy atom. The van der Waals surface area contributed by atoms with Crippen molar-refractivity contribution in [1.29, 1.82) is 0 Å². The lowest BCUT2D eigenvalue weighted by atomic mass is 9.88. The fourth-order valence-electron chi connectivity index (χ4n) is 3.42. The Morgan fingerprint density at radius 1 is 1.16 bits per heavy atom. The van der Waals surface area contributed by atoms with Crippen LogP contribution in [0.15, 0.2) is 54.6 Å². The first kappa shape index (κ1) is 17.6. The number of benzene rings is 2. The molecule has 25 heavy (non-hydrogen) atoms. The Morgan fingerprint density at radius 2 is 1.84 bits per heavy atom. The molecule has 4 heteroatoms. The van der Waals surface area contributed by atoms with E-state index in [0.29, 0.717) is 0 Å². The third-order valence-corrected chi connectivity index (χ3v) is 4.98. The van der Waals surface area contributed by atoms with Crippen LogP contribution < -0.4 is 9.64 Å². The van der Waals surface area contributed by atoms with Crippen LogP contribution in [0.1, 0.15) is 37.3 Å². The molecular weight excluding hydrogens is 334 g/mol. The molecule has 0 spiro atoms. The zero-order valence-electron chi connectivity index (χ0n) is 14.9. The molecule has 2 aromatic rings. The van der Waals surface area contributed by atoms with Crippen molar-refractivity contribution in [1.82, 2.24) is 0 Å². The van der Waals surface area contributed by atoms with E-state index in [1.165, 1.54) is 0 Å². The Hall–Kier alpha value is -2.26. The van der Waals surface area contributed by atoms with E-state index in [1.54, 1.807) is 12.0 Å². The molecule has 1 unspecified atom stereocenters. The van der Waals surface area contributed by atoms with E-state index < -0.39 is 10.9 Å². The van der Waals surface area contributed by atoms with Gasteiger partial charge in [-0.25, -0.2) is 0 Å². The second kappa shape index (κ2) is 6.57. The van der Waals surface area contributed by atoms with Gasteiger partial charge in [-0.15, -0.1) is 11.6 Å². The summed E-state index contributed by atoms with van der Waals surface area (Å²) in [6, 6.07) is 15.2. The van der Waals surface area contributed by atoms with Gasteiger partial charge in [0.1, 0.15) is 11.1 Å². The van der Waals surface area contributed by atoms with E-state index in [1.807, 2.05) is 62.4 Å². The SMILES string of the molecule is COc1ccc2c(c1)C(C)=CC(C)(C)N2C(=O)C(Cl)c1ccccc1. The monoisotopic (exact) mass is 355 g/mol. The molecule has 3 nitrogen and oxygen atoms in total. The molecule has 0 saturated heterocycles. The van der Waals surface area contributed by atoms with Crippen molar-refractivity contribution >= 4 is 28.8 Å². The summed E-state index contributed by atoms with van der Waals surface area (Å²) in [5.41, 5.74) is 3.30. The standard InChI is InChI=1S/C21H22ClNO2/c1-14-13-21(2,3)23(18-11-10-16(25-4)12-17(14)18)20(24)19(22)15-8-6-5-7-9-15/h5-13,19H,1-4H3. The van der Waals surface area contributed by atoms with Gasteiger partial charge in [-0.3, -0.25) is 4.79 Å². The highest BCUT2D eigenvalue weighted by Crippen LogP contribution is 2.42. The zero-order chi connectivity index (χ0) is 18.2. The van der Waals surface area contributed by atoms with Crippen LogP contribution in [0.3, 0.4) is 0 Å². The van der Waals surface area contributed by atoms with Gasteiger partial charge in [0, 0.05) is 5.56 Å². The third-order valence-electron chi connectivity index (χ3n) is 4.54. The average molecular weight is 356 g/mol. The van der Waals surface area contributed by atoms with Crippen LogP contribution in [0.25, 0.3) is 5.57 Å². The van der Waals surface area contributed by atoms with Gasteiger partial charge in [-0.1, -0.05) is 36.4 Å². The molecule has 0 N–H and O–H groups in total. The predicted molar refractivity (Wildman–Crippen MR) is 103 cm³/mol. The number of nitrogens with zero attached hydrogens (tertiary/aromatic N) is 1. The number of anilines is 1. The first-order valence-corrected chi connectivity index (χ1v) is 8.70. The number of amides is 1. The Kier molecular flexibility index (Phi) is 4.61. The number of methoxy groups -OCH3 is 1. The lowest BCUT2D eigenvalue weighted by Gasteiger charge is -2.42. The number of carbonyl (C=O) groups excluding carboxylic acids is 1. The number of hydrogen-bond donors (Lipinski definition) is 0. The van der Waals surface area contributed by atoms with E-state index in [0.717, 1.165) is 28.1 Å². The van der Waals surface area contributed by atoms with Gasteiger partial charge in [0.25, 0.3) is 0 Å². The molecule has 0 bridgehead atoms. The summed E-state index contributed by atoms with van der Waals surface area (Å²) in [7, 11) is 1.64. The Balaban J connectivity index is 2.07. The molecule has 0 radical (unpaired) electrons. The van der Waals surface area contributed by atoms with E-state index in [-0.39, 0.29) is 5.91 Å². The second-order valence-corrected chi connectivity index (χ2v) is 7.25.